The van der Waals surface area contributed by atoms with E-state index in [-0.39, 0.29) is 18.7 Å². The third kappa shape index (κ3) is 3.30. The minimum Gasteiger partial charge on any atom is -0.454 e. The summed E-state index contributed by atoms with van der Waals surface area (Å²) in [6, 6.07) is 5.31. The molecule has 0 N–H and O–H groups in total. The molecule has 1 amide bonds. The van der Waals surface area contributed by atoms with Crippen molar-refractivity contribution in [2.24, 2.45) is 0 Å². The Balaban J connectivity index is 1.48. The molecule has 2 aromatic rings. The fraction of sp³-hybridized carbons (Fsp3) is 0.500. The fourth-order valence-electron chi connectivity index (χ4n) is 3.57. The van der Waals surface area contributed by atoms with E-state index in [2.05, 4.69) is 15.2 Å². The number of likely N-dealkylation sites (N-methyl/N-ethyl adjacent to an activating group) is 1. The number of piperazine rings is 1. The van der Waals surface area contributed by atoms with E-state index in [0.29, 0.717) is 37.7 Å². The molecule has 0 bridgehead atoms. The number of nitrogens with zero attached hydrogens (tertiary/aromatic N) is 5. The topological polar surface area (TPSA) is 84.2 Å². The summed E-state index contributed by atoms with van der Waals surface area (Å²) in [5, 5.41) is 7.78. The van der Waals surface area contributed by atoms with Gasteiger partial charge in [0.25, 0.3) is 0 Å². The molecular formula is C18H23N5O4. The number of benzene rings is 1. The smallest absolute Gasteiger partial charge is 0.244 e. The van der Waals surface area contributed by atoms with Crippen molar-refractivity contribution in [2.45, 2.75) is 13.0 Å². The molecule has 0 spiro atoms. The number of carbonyl (C=O) groups is 1. The lowest BCUT2D eigenvalue weighted by atomic mass is 10.0. The molecule has 3 heterocycles. The number of anilines is 1. The van der Waals surface area contributed by atoms with Gasteiger partial charge in [-0.05, 0) is 43.9 Å². The molecule has 0 radical (unpaired) electrons. The highest BCUT2D eigenvalue weighted by atomic mass is 16.7. The molecule has 1 unspecified atom stereocenters. The van der Waals surface area contributed by atoms with Crippen LogP contribution in [0.25, 0.3) is 0 Å². The Hall–Kier alpha value is -2.81. The molecule has 0 aliphatic carbocycles. The van der Waals surface area contributed by atoms with Crippen LogP contribution in [0.2, 0.25) is 0 Å². The van der Waals surface area contributed by atoms with Gasteiger partial charge in [0.15, 0.2) is 17.3 Å². The van der Waals surface area contributed by atoms with Crippen LogP contribution in [-0.2, 0) is 4.79 Å². The van der Waals surface area contributed by atoms with Crippen molar-refractivity contribution in [3.63, 3.8) is 0 Å². The first-order valence-electron chi connectivity index (χ1n) is 8.93. The van der Waals surface area contributed by atoms with Crippen molar-refractivity contribution in [2.75, 3.05) is 52.0 Å². The van der Waals surface area contributed by atoms with Crippen LogP contribution in [0.3, 0.4) is 0 Å². The van der Waals surface area contributed by atoms with E-state index in [1.807, 2.05) is 49.0 Å². The summed E-state index contributed by atoms with van der Waals surface area (Å²) in [7, 11) is 3.82. The normalized spacial score (nSPS) is 17.5. The van der Waals surface area contributed by atoms with E-state index >= 15 is 0 Å². The molecule has 2 aliphatic rings. The summed E-state index contributed by atoms with van der Waals surface area (Å²) in [4.78, 5) is 19.2. The lowest BCUT2D eigenvalue weighted by molar-refractivity contribution is -0.136. The number of ether oxygens (including phenoxy) is 2. The number of rotatable bonds is 4. The van der Waals surface area contributed by atoms with Gasteiger partial charge in [0.1, 0.15) is 11.7 Å². The van der Waals surface area contributed by atoms with E-state index in [1.54, 1.807) is 0 Å². The van der Waals surface area contributed by atoms with Crippen LogP contribution < -0.4 is 14.4 Å². The number of aryl methyl sites for hydroxylation is 1. The zero-order valence-electron chi connectivity index (χ0n) is 15.7. The summed E-state index contributed by atoms with van der Waals surface area (Å²) in [5.74, 6) is 2.23. The van der Waals surface area contributed by atoms with Gasteiger partial charge in [0, 0.05) is 26.2 Å². The molecule has 1 aromatic heterocycles. The Morgan fingerprint density at radius 3 is 2.52 bits per heavy atom. The highest BCUT2D eigenvalue weighted by Crippen LogP contribution is 2.35. The molecule has 2 aliphatic heterocycles. The molecule has 9 nitrogen and oxygen atoms in total. The minimum absolute atomic E-state index is 0.0773. The molecule has 1 fully saturated rings. The molecule has 9 heteroatoms. The van der Waals surface area contributed by atoms with Crippen LogP contribution in [0.1, 0.15) is 17.3 Å². The van der Waals surface area contributed by atoms with Gasteiger partial charge in [-0.25, -0.2) is 4.63 Å². The van der Waals surface area contributed by atoms with E-state index in [4.69, 9.17) is 14.1 Å². The third-order valence-electron chi connectivity index (χ3n) is 4.98. The predicted molar refractivity (Wildman–Crippen MR) is 96.8 cm³/mol. The lowest BCUT2D eigenvalue weighted by Gasteiger charge is -2.37. The molecule has 1 saturated heterocycles. The standard InChI is InChI=1S/C18H23N5O4/c1-12-17(20-27-19-12)22-6-8-23(9-7-22)18(24)16(21(2)3)13-4-5-14-15(10-13)26-11-25-14/h4-5,10,16H,6-9,11H2,1-3H3. The first-order chi connectivity index (χ1) is 13.0. The molecule has 1 aromatic carbocycles. The molecular weight excluding hydrogens is 350 g/mol. The predicted octanol–water partition coefficient (Wildman–Crippen LogP) is 1.06. The number of carbonyl (C=O) groups excluding carboxylic acids is 1. The maximum Gasteiger partial charge on any atom is 0.244 e. The van der Waals surface area contributed by atoms with E-state index in [9.17, 15) is 4.79 Å². The number of fused-ring (bicyclic) bond motifs is 1. The Morgan fingerprint density at radius 2 is 1.85 bits per heavy atom. The monoisotopic (exact) mass is 373 g/mol. The molecule has 27 heavy (non-hydrogen) atoms. The fourth-order valence-corrected chi connectivity index (χ4v) is 3.57. The molecule has 144 valence electrons. The van der Waals surface area contributed by atoms with Gasteiger partial charge < -0.3 is 19.3 Å². The SMILES string of the molecule is Cc1nonc1N1CCN(C(=O)C(c2ccc3c(c2)OCO3)N(C)C)CC1. The van der Waals surface area contributed by atoms with Crippen LogP contribution in [0.15, 0.2) is 22.8 Å². The van der Waals surface area contributed by atoms with Crippen LogP contribution in [-0.4, -0.2) is 73.1 Å². The van der Waals surface area contributed by atoms with Crippen molar-refractivity contribution < 1.29 is 18.9 Å². The Morgan fingerprint density at radius 1 is 1.11 bits per heavy atom. The highest BCUT2D eigenvalue weighted by Gasteiger charge is 2.32. The first-order valence-corrected chi connectivity index (χ1v) is 8.93. The van der Waals surface area contributed by atoms with Crippen molar-refractivity contribution in [3.8, 4) is 11.5 Å². The maximum atomic E-state index is 13.2. The Kier molecular flexibility index (Phi) is 4.61. The first kappa shape index (κ1) is 17.6. The summed E-state index contributed by atoms with van der Waals surface area (Å²) in [6.45, 7) is 4.73. The Labute approximate surface area is 157 Å². The second-order valence-corrected chi connectivity index (χ2v) is 6.96. The average Bonchev–Trinajstić information content (AvgIpc) is 3.30. The largest absolute Gasteiger partial charge is 0.454 e. The quantitative estimate of drug-likeness (QED) is 0.787. The highest BCUT2D eigenvalue weighted by molar-refractivity contribution is 5.84. The summed E-state index contributed by atoms with van der Waals surface area (Å²) < 4.78 is 15.6. The maximum absolute atomic E-state index is 13.2. The van der Waals surface area contributed by atoms with Crippen LogP contribution >= 0.6 is 0 Å². The van der Waals surface area contributed by atoms with Gasteiger partial charge in [-0.15, -0.1) is 0 Å². The van der Waals surface area contributed by atoms with E-state index in [1.165, 1.54) is 0 Å². The second kappa shape index (κ2) is 7.07. The summed E-state index contributed by atoms with van der Waals surface area (Å²) in [6.07, 6.45) is 0. The zero-order chi connectivity index (χ0) is 19.0. The van der Waals surface area contributed by atoms with Gasteiger partial charge in [0.2, 0.25) is 12.7 Å². The van der Waals surface area contributed by atoms with Gasteiger partial charge in [0.05, 0.1) is 0 Å². The van der Waals surface area contributed by atoms with Gasteiger partial charge in [-0.2, -0.15) is 0 Å². The van der Waals surface area contributed by atoms with Crippen molar-refractivity contribution in [1.29, 1.82) is 0 Å². The number of aromatic nitrogens is 2. The van der Waals surface area contributed by atoms with Crippen molar-refractivity contribution >= 4 is 11.7 Å². The zero-order valence-corrected chi connectivity index (χ0v) is 15.7. The summed E-state index contributed by atoms with van der Waals surface area (Å²) >= 11 is 0. The van der Waals surface area contributed by atoms with Gasteiger partial charge in [-0.3, -0.25) is 9.69 Å². The average molecular weight is 373 g/mol. The lowest BCUT2D eigenvalue weighted by Crippen LogP contribution is -2.51. The minimum atomic E-state index is -0.374. The van der Waals surface area contributed by atoms with Crippen LogP contribution in [0, 0.1) is 6.92 Å². The van der Waals surface area contributed by atoms with Crippen molar-refractivity contribution in [3.05, 3.63) is 29.5 Å². The summed E-state index contributed by atoms with van der Waals surface area (Å²) in [5.41, 5.74) is 1.66. The van der Waals surface area contributed by atoms with E-state index < -0.39 is 0 Å². The second-order valence-electron chi connectivity index (χ2n) is 6.96. The van der Waals surface area contributed by atoms with Crippen LogP contribution in [0.5, 0.6) is 11.5 Å². The van der Waals surface area contributed by atoms with Crippen LogP contribution in [0.4, 0.5) is 5.82 Å². The molecule has 1 atom stereocenters. The third-order valence-corrected chi connectivity index (χ3v) is 4.98. The van der Waals surface area contributed by atoms with Gasteiger partial charge >= 0.3 is 0 Å². The Bertz CT molecular complexity index is 829. The number of hydrogen-bond acceptors (Lipinski definition) is 8. The van der Waals surface area contributed by atoms with Gasteiger partial charge in [-0.1, -0.05) is 11.2 Å². The number of hydrogen-bond donors (Lipinski definition) is 0. The van der Waals surface area contributed by atoms with Crippen molar-refractivity contribution in [1.82, 2.24) is 20.1 Å². The number of amides is 1. The van der Waals surface area contributed by atoms with E-state index in [0.717, 1.165) is 17.1 Å². The molecule has 4 rings (SSSR count). The molecule has 0 saturated carbocycles.